The van der Waals surface area contributed by atoms with Gasteiger partial charge in [-0.25, -0.2) is 0 Å². The molecule has 0 radical (unpaired) electrons. The Hall–Kier alpha value is -1.67. The Balaban J connectivity index is 1.76. The van der Waals surface area contributed by atoms with E-state index in [0.29, 0.717) is 18.7 Å². The van der Waals surface area contributed by atoms with Crippen molar-refractivity contribution in [3.8, 4) is 0 Å². The zero-order valence-corrected chi connectivity index (χ0v) is 14.3. The minimum atomic E-state index is -0.188. The molecule has 22 heavy (non-hydrogen) atoms. The lowest BCUT2D eigenvalue weighted by Gasteiger charge is -2.25. The van der Waals surface area contributed by atoms with E-state index in [-0.39, 0.29) is 18.1 Å². The first-order valence-corrected chi connectivity index (χ1v) is 7.93. The van der Waals surface area contributed by atoms with Gasteiger partial charge in [0, 0.05) is 19.0 Å². The van der Waals surface area contributed by atoms with Crippen molar-refractivity contribution in [3.63, 3.8) is 0 Å². The van der Waals surface area contributed by atoms with E-state index in [4.69, 9.17) is 4.74 Å². The highest BCUT2D eigenvalue weighted by atomic mass is 79.9. The number of nitrogens with zero attached hydrogens (tertiary/aromatic N) is 3. The lowest BCUT2D eigenvalue weighted by atomic mass is 9.99. The second-order valence-corrected chi connectivity index (χ2v) is 6.36. The van der Waals surface area contributed by atoms with Gasteiger partial charge in [0.05, 0.1) is 40.8 Å². The van der Waals surface area contributed by atoms with E-state index >= 15 is 0 Å². The molecular formula is C14H18BrN5O2. The van der Waals surface area contributed by atoms with Crippen LogP contribution in [0.4, 0.5) is 0 Å². The summed E-state index contributed by atoms with van der Waals surface area (Å²) in [6, 6.07) is 0. The van der Waals surface area contributed by atoms with Crippen molar-refractivity contribution < 1.29 is 9.53 Å². The van der Waals surface area contributed by atoms with E-state index in [0.717, 1.165) is 21.4 Å². The van der Waals surface area contributed by atoms with Crippen LogP contribution in [-0.4, -0.2) is 32.0 Å². The first kappa shape index (κ1) is 15.2. The van der Waals surface area contributed by atoms with Crippen molar-refractivity contribution in [2.45, 2.75) is 39.0 Å². The number of fused-ring (bicyclic) bond motifs is 1. The largest absolute Gasteiger partial charge is 0.369 e. The molecule has 0 spiro atoms. The molecule has 118 valence electrons. The van der Waals surface area contributed by atoms with Crippen LogP contribution in [-0.2, 0) is 24.8 Å². The molecule has 1 aliphatic heterocycles. The molecule has 2 aromatic rings. The summed E-state index contributed by atoms with van der Waals surface area (Å²) in [5.74, 6) is -0.188. The first-order valence-electron chi connectivity index (χ1n) is 7.14. The van der Waals surface area contributed by atoms with Gasteiger partial charge >= 0.3 is 0 Å². The van der Waals surface area contributed by atoms with Gasteiger partial charge in [-0.2, -0.15) is 10.2 Å². The molecule has 7 nitrogen and oxygen atoms in total. The van der Waals surface area contributed by atoms with Crippen molar-refractivity contribution in [1.29, 1.82) is 0 Å². The molecule has 2 atom stereocenters. The zero-order chi connectivity index (χ0) is 15.9. The highest BCUT2D eigenvalue weighted by molar-refractivity contribution is 9.10. The molecule has 0 saturated carbocycles. The fourth-order valence-electron chi connectivity index (χ4n) is 2.74. The number of carbonyl (C=O) groups is 1. The van der Waals surface area contributed by atoms with Crippen LogP contribution in [0.5, 0.6) is 0 Å². The van der Waals surface area contributed by atoms with E-state index in [1.165, 1.54) is 0 Å². The van der Waals surface area contributed by atoms with Crippen LogP contribution in [0.1, 0.15) is 47.4 Å². The molecule has 2 aromatic heterocycles. The van der Waals surface area contributed by atoms with Crippen molar-refractivity contribution >= 4 is 21.8 Å². The van der Waals surface area contributed by atoms with Gasteiger partial charge in [0.2, 0.25) is 0 Å². The smallest absolute Gasteiger partial charge is 0.272 e. The second kappa shape index (κ2) is 5.85. The summed E-state index contributed by atoms with van der Waals surface area (Å²) in [4.78, 5) is 12.4. The van der Waals surface area contributed by atoms with Gasteiger partial charge in [-0.15, -0.1) is 0 Å². The van der Waals surface area contributed by atoms with E-state index < -0.39 is 0 Å². The van der Waals surface area contributed by atoms with Crippen LogP contribution < -0.4 is 5.32 Å². The number of halogens is 1. The Morgan fingerprint density at radius 3 is 3.05 bits per heavy atom. The van der Waals surface area contributed by atoms with Crippen molar-refractivity contribution in [3.05, 3.63) is 33.3 Å². The van der Waals surface area contributed by atoms with Crippen LogP contribution in [0.2, 0.25) is 0 Å². The van der Waals surface area contributed by atoms with Crippen LogP contribution >= 0.6 is 15.9 Å². The van der Waals surface area contributed by atoms with E-state index in [2.05, 4.69) is 36.5 Å². The molecule has 8 heteroatoms. The number of aryl methyl sites for hydroxylation is 1. The van der Waals surface area contributed by atoms with Crippen LogP contribution in [0, 0.1) is 0 Å². The van der Waals surface area contributed by atoms with Gasteiger partial charge in [-0.3, -0.25) is 14.6 Å². The number of hydrogen-bond acceptors (Lipinski definition) is 4. The third kappa shape index (κ3) is 2.68. The van der Waals surface area contributed by atoms with Gasteiger partial charge in [0.25, 0.3) is 5.91 Å². The fourth-order valence-corrected chi connectivity index (χ4v) is 3.23. The van der Waals surface area contributed by atoms with Gasteiger partial charge in [0.1, 0.15) is 0 Å². The second-order valence-electron chi connectivity index (χ2n) is 5.50. The number of rotatable bonds is 3. The third-order valence-corrected chi connectivity index (χ3v) is 4.54. The quantitative estimate of drug-likeness (QED) is 0.866. The predicted octanol–water partition coefficient (Wildman–Crippen LogP) is 1.86. The number of nitrogens with one attached hydrogen (secondary N) is 2. The van der Waals surface area contributed by atoms with Crippen LogP contribution in [0.25, 0.3) is 0 Å². The predicted molar refractivity (Wildman–Crippen MR) is 83.3 cm³/mol. The average molecular weight is 368 g/mol. The number of aromatic amines is 1. The summed E-state index contributed by atoms with van der Waals surface area (Å²) in [6.45, 7) is 4.35. The molecule has 0 aliphatic carbocycles. The standard InChI is InChI=1S/C14H18BrN5O2/c1-7-4-9-12(8(2)22-7)18-19-13(9)14(21)16-6-11-10(15)5-17-20(11)3/h5,7-8H,4,6H2,1-3H3,(H,16,21)(H,18,19)/t7-,8+/m1/s1. The highest BCUT2D eigenvalue weighted by Gasteiger charge is 2.29. The summed E-state index contributed by atoms with van der Waals surface area (Å²) >= 11 is 3.42. The Labute approximate surface area is 136 Å². The third-order valence-electron chi connectivity index (χ3n) is 3.88. The Morgan fingerprint density at radius 1 is 1.59 bits per heavy atom. The molecular weight excluding hydrogens is 350 g/mol. The maximum atomic E-state index is 12.4. The van der Waals surface area contributed by atoms with Gasteiger partial charge in [-0.05, 0) is 29.8 Å². The molecule has 1 amide bonds. The van der Waals surface area contributed by atoms with Crippen molar-refractivity contribution in [1.82, 2.24) is 25.3 Å². The number of H-pyrrole nitrogens is 1. The normalized spacial score (nSPS) is 20.7. The molecule has 3 heterocycles. The first-order chi connectivity index (χ1) is 10.5. The minimum Gasteiger partial charge on any atom is -0.369 e. The summed E-state index contributed by atoms with van der Waals surface area (Å²) in [7, 11) is 1.84. The maximum Gasteiger partial charge on any atom is 0.272 e. The Kier molecular flexibility index (Phi) is 4.05. The molecule has 0 bridgehead atoms. The molecule has 1 aliphatic rings. The summed E-state index contributed by atoms with van der Waals surface area (Å²) < 4.78 is 8.33. The molecule has 0 unspecified atom stereocenters. The van der Waals surface area contributed by atoms with Gasteiger partial charge < -0.3 is 10.1 Å². The minimum absolute atomic E-state index is 0.0704. The van der Waals surface area contributed by atoms with Crippen molar-refractivity contribution in [2.75, 3.05) is 0 Å². The van der Waals surface area contributed by atoms with Gasteiger partial charge in [-0.1, -0.05) is 0 Å². The van der Waals surface area contributed by atoms with E-state index in [9.17, 15) is 4.79 Å². The highest BCUT2D eigenvalue weighted by Crippen LogP contribution is 2.30. The summed E-state index contributed by atoms with van der Waals surface area (Å²) in [6.07, 6.45) is 2.41. The van der Waals surface area contributed by atoms with Crippen molar-refractivity contribution in [2.24, 2.45) is 7.05 Å². The fraction of sp³-hybridized carbons (Fsp3) is 0.500. The number of carbonyl (C=O) groups excluding carboxylic acids is 1. The molecule has 2 N–H and O–H groups in total. The maximum absolute atomic E-state index is 12.4. The molecule has 0 fully saturated rings. The van der Waals surface area contributed by atoms with Crippen LogP contribution in [0.15, 0.2) is 10.7 Å². The number of ether oxygens (including phenoxy) is 1. The lowest BCUT2D eigenvalue weighted by Crippen LogP contribution is -2.28. The van der Waals surface area contributed by atoms with E-state index in [1.54, 1.807) is 10.9 Å². The monoisotopic (exact) mass is 367 g/mol. The molecule has 0 aromatic carbocycles. The van der Waals surface area contributed by atoms with Gasteiger partial charge in [0.15, 0.2) is 5.69 Å². The number of amides is 1. The zero-order valence-electron chi connectivity index (χ0n) is 12.7. The summed E-state index contributed by atoms with van der Waals surface area (Å²) in [5, 5.41) is 14.1. The van der Waals surface area contributed by atoms with Crippen LogP contribution in [0.3, 0.4) is 0 Å². The Bertz CT molecular complexity index is 689. The topological polar surface area (TPSA) is 84.8 Å². The lowest BCUT2D eigenvalue weighted by molar-refractivity contribution is -0.00697. The molecule has 3 rings (SSSR count). The molecule has 0 saturated heterocycles. The average Bonchev–Trinajstić information content (AvgIpc) is 3.01. The SMILES string of the molecule is C[C@@H]1Cc2c(C(=O)NCc3c(Br)cnn3C)n[nH]c2[C@H](C)O1. The Morgan fingerprint density at radius 2 is 2.36 bits per heavy atom. The number of aromatic nitrogens is 4. The van der Waals surface area contributed by atoms with E-state index in [1.807, 2.05) is 20.9 Å². The number of hydrogen-bond donors (Lipinski definition) is 2. The summed E-state index contributed by atoms with van der Waals surface area (Å²) in [5.41, 5.74) is 3.20.